The Bertz CT molecular complexity index is 1280. The molecule has 432 valence electrons. The number of rotatable bonds is 60. The van der Waals surface area contributed by atoms with E-state index in [9.17, 15) is 14.4 Å². The van der Waals surface area contributed by atoms with E-state index >= 15 is 0 Å². The van der Waals surface area contributed by atoms with Gasteiger partial charge in [0.2, 0.25) is 0 Å². The fraction of sp³-hybridized carbons (Fsp3) is 0.838. The molecule has 0 aromatic heterocycles. The lowest BCUT2D eigenvalue weighted by Gasteiger charge is -2.18. The van der Waals surface area contributed by atoms with E-state index in [-0.39, 0.29) is 31.1 Å². The predicted molar refractivity (Wildman–Crippen MR) is 321 cm³/mol. The summed E-state index contributed by atoms with van der Waals surface area (Å²) >= 11 is 0. The number of unbranched alkanes of at least 4 members (excludes halogenated alkanes) is 41. The molecule has 0 aromatic rings. The molecule has 0 aromatic carbocycles. The van der Waals surface area contributed by atoms with Crippen LogP contribution < -0.4 is 0 Å². The van der Waals surface area contributed by atoms with Crippen molar-refractivity contribution in [2.75, 3.05) is 13.2 Å². The molecule has 1 atom stereocenters. The lowest BCUT2D eigenvalue weighted by molar-refractivity contribution is -0.167. The molecule has 74 heavy (non-hydrogen) atoms. The maximum absolute atomic E-state index is 12.9. The highest BCUT2D eigenvalue weighted by Crippen LogP contribution is 2.17. The van der Waals surface area contributed by atoms with E-state index in [1.165, 1.54) is 231 Å². The van der Waals surface area contributed by atoms with Crippen molar-refractivity contribution in [3.8, 4) is 0 Å². The van der Waals surface area contributed by atoms with Crippen molar-refractivity contribution in [2.45, 2.75) is 354 Å². The van der Waals surface area contributed by atoms with Crippen molar-refractivity contribution in [2.24, 2.45) is 0 Å². The highest BCUT2D eigenvalue weighted by Gasteiger charge is 2.19. The Hall–Kier alpha value is -2.63. The summed E-state index contributed by atoms with van der Waals surface area (Å²) < 4.78 is 16.9. The Morgan fingerprint density at radius 2 is 0.500 bits per heavy atom. The van der Waals surface area contributed by atoms with Crippen molar-refractivity contribution in [3.05, 3.63) is 48.6 Å². The van der Waals surface area contributed by atoms with Crippen LogP contribution in [-0.2, 0) is 28.6 Å². The number of allylic oxidation sites excluding steroid dienone is 8. The average molecular weight is 1040 g/mol. The third-order valence-corrected chi connectivity index (χ3v) is 14.6. The Labute approximate surface area is 460 Å². The fourth-order valence-electron chi connectivity index (χ4n) is 9.61. The molecule has 1 unspecified atom stereocenters. The summed E-state index contributed by atoms with van der Waals surface area (Å²) in [5.74, 6) is -0.862. The molecule has 0 bridgehead atoms. The van der Waals surface area contributed by atoms with Crippen LogP contribution >= 0.6 is 0 Å². The first-order chi connectivity index (χ1) is 36.5. The van der Waals surface area contributed by atoms with Crippen LogP contribution in [0.1, 0.15) is 348 Å². The molecule has 0 saturated heterocycles. The molecule has 0 rings (SSSR count). The Kier molecular flexibility index (Phi) is 60.7. The topological polar surface area (TPSA) is 78.9 Å². The lowest BCUT2D eigenvalue weighted by Crippen LogP contribution is -2.30. The quantitative estimate of drug-likeness (QED) is 0.0261. The van der Waals surface area contributed by atoms with Gasteiger partial charge in [-0.05, 0) is 77.0 Å². The van der Waals surface area contributed by atoms with Crippen LogP contribution in [0.5, 0.6) is 0 Å². The molecule has 0 spiro atoms. The summed E-state index contributed by atoms with van der Waals surface area (Å²) in [6.45, 7) is 6.63. The molecule has 6 nitrogen and oxygen atoms in total. The van der Waals surface area contributed by atoms with E-state index in [4.69, 9.17) is 14.2 Å². The van der Waals surface area contributed by atoms with Crippen molar-refractivity contribution in [3.63, 3.8) is 0 Å². The molecule has 0 radical (unpaired) electrons. The molecule has 0 fully saturated rings. The minimum absolute atomic E-state index is 0.0718. The van der Waals surface area contributed by atoms with E-state index in [2.05, 4.69) is 69.4 Å². The van der Waals surface area contributed by atoms with E-state index < -0.39 is 6.10 Å². The molecule has 0 saturated carbocycles. The SMILES string of the molecule is CCCC/C=C\CCCCCCCC(=O)OCC(COC(=O)CCCCCCCCCCCCCCCC/C=C\C/C=C\C/C=C\CCCCCCC)OC(=O)CCCCCCCCCCCCCCCCCC. The number of carbonyl (C=O) groups excluding carboxylic acids is 3. The lowest BCUT2D eigenvalue weighted by atomic mass is 10.0. The molecule has 0 aliphatic rings. The minimum atomic E-state index is -0.773. The molecule has 6 heteroatoms. The van der Waals surface area contributed by atoms with Gasteiger partial charge in [0.25, 0.3) is 0 Å². The predicted octanol–water partition coefficient (Wildman–Crippen LogP) is 22.2. The fourth-order valence-corrected chi connectivity index (χ4v) is 9.61. The standard InChI is InChI=1S/C68H124O6/c1-4-7-10-13-16-19-22-24-26-28-29-30-31-32-33-34-35-36-37-38-39-40-42-43-46-49-52-55-58-61-67(70)73-64-65(63-72-66(69)60-57-54-51-48-45-21-18-15-12-9-6-3)74-68(71)62-59-56-53-50-47-44-41-27-25-23-20-17-14-11-8-5-2/h15,18,22,24,28-29,31-32,65H,4-14,16-17,19-21,23,25-27,30,33-64H2,1-3H3/b18-15-,24-22-,29-28-,32-31-. The van der Waals surface area contributed by atoms with Crippen LogP contribution in [0.3, 0.4) is 0 Å². The van der Waals surface area contributed by atoms with Gasteiger partial charge in [0.05, 0.1) is 0 Å². The third-order valence-electron chi connectivity index (χ3n) is 14.6. The number of hydrogen-bond donors (Lipinski definition) is 0. The van der Waals surface area contributed by atoms with Crippen molar-refractivity contribution < 1.29 is 28.6 Å². The summed E-state index contributed by atoms with van der Waals surface area (Å²) in [6.07, 6.45) is 78.4. The summed E-state index contributed by atoms with van der Waals surface area (Å²) in [7, 11) is 0. The second kappa shape index (κ2) is 62.9. The minimum Gasteiger partial charge on any atom is -0.462 e. The highest BCUT2D eigenvalue weighted by molar-refractivity contribution is 5.71. The van der Waals surface area contributed by atoms with Crippen LogP contribution in [0.15, 0.2) is 48.6 Å². The monoisotopic (exact) mass is 1040 g/mol. The number of hydrogen-bond acceptors (Lipinski definition) is 6. The summed E-state index contributed by atoms with van der Waals surface area (Å²) in [5.41, 5.74) is 0. The van der Waals surface area contributed by atoms with Gasteiger partial charge in [0.1, 0.15) is 13.2 Å². The van der Waals surface area contributed by atoms with Crippen LogP contribution in [-0.4, -0.2) is 37.2 Å². The van der Waals surface area contributed by atoms with Gasteiger partial charge in [-0.1, -0.05) is 301 Å². The first-order valence-electron chi connectivity index (χ1n) is 32.6. The second-order valence-electron chi connectivity index (χ2n) is 22.0. The van der Waals surface area contributed by atoms with Gasteiger partial charge in [0.15, 0.2) is 6.10 Å². The number of carbonyl (C=O) groups is 3. The number of esters is 3. The summed E-state index contributed by atoms with van der Waals surface area (Å²) in [6, 6.07) is 0. The van der Waals surface area contributed by atoms with Gasteiger partial charge in [0, 0.05) is 19.3 Å². The van der Waals surface area contributed by atoms with Gasteiger partial charge in [-0.15, -0.1) is 0 Å². The molecule has 0 aliphatic carbocycles. The van der Waals surface area contributed by atoms with Gasteiger partial charge in [-0.3, -0.25) is 14.4 Å². The first kappa shape index (κ1) is 71.4. The second-order valence-corrected chi connectivity index (χ2v) is 22.0. The van der Waals surface area contributed by atoms with Gasteiger partial charge < -0.3 is 14.2 Å². The van der Waals surface area contributed by atoms with Crippen LogP contribution in [0.25, 0.3) is 0 Å². The van der Waals surface area contributed by atoms with Gasteiger partial charge >= 0.3 is 17.9 Å². The number of ether oxygens (including phenoxy) is 3. The van der Waals surface area contributed by atoms with Crippen molar-refractivity contribution in [1.29, 1.82) is 0 Å². The van der Waals surface area contributed by atoms with Gasteiger partial charge in [-0.25, -0.2) is 0 Å². The highest BCUT2D eigenvalue weighted by atomic mass is 16.6. The largest absolute Gasteiger partial charge is 0.462 e. The zero-order valence-electron chi connectivity index (χ0n) is 49.6. The summed E-state index contributed by atoms with van der Waals surface area (Å²) in [4.78, 5) is 38.2. The maximum Gasteiger partial charge on any atom is 0.306 e. The Morgan fingerprint density at radius 3 is 0.811 bits per heavy atom. The zero-order valence-corrected chi connectivity index (χ0v) is 49.6. The molecule has 0 amide bonds. The normalized spacial score (nSPS) is 12.3. The van der Waals surface area contributed by atoms with Crippen LogP contribution in [0.4, 0.5) is 0 Å². The Morgan fingerprint density at radius 1 is 0.270 bits per heavy atom. The molecule has 0 aliphatic heterocycles. The molecule has 0 heterocycles. The van der Waals surface area contributed by atoms with Gasteiger partial charge in [-0.2, -0.15) is 0 Å². The zero-order chi connectivity index (χ0) is 53.6. The smallest absolute Gasteiger partial charge is 0.306 e. The maximum atomic E-state index is 12.9. The van der Waals surface area contributed by atoms with E-state index in [1.54, 1.807) is 0 Å². The molecular formula is C68H124O6. The van der Waals surface area contributed by atoms with Crippen LogP contribution in [0, 0.1) is 0 Å². The van der Waals surface area contributed by atoms with Crippen molar-refractivity contribution in [1.82, 2.24) is 0 Å². The first-order valence-corrected chi connectivity index (χ1v) is 32.6. The van der Waals surface area contributed by atoms with Crippen molar-refractivity contribution >= 4 is 17.9 Å². The Balaban J connectivity index is 4.16. The third kappa shape index (κ3) is 60.2. The van der Waals surface area contributed by atoms with E-state index in [1.807, 2.05) is 0 Å². The average Bonchev–Trinajstić information content (AvgIpc) is 3.40. The van der Waals surface area contributed by atoms with E-state index in [0.717, 1.165) is 77.0 Å². The summed E-state index contributed by atoms with van der Waals surface area (Å²) in [5, 5.41) is 0. The molecular weight excluding hydrogens is 913 g/mol. The molecule has 0 N–H and O–H groups in total. The van der Waals surface area contributed by atoms with Crippen LogP contribution in [0.2, 0.25) is 0 Å². The van der Waals surface area contributed by atoms with E-state index in [0.29, 0.717) is 19.3 Å².